The van der Waals surface area contributed by atoms with Crippen LogP contribution in [0.2, 0.25) is 0 Å². The van der Waals surface area contributed by atoms with Gasteiger partial charge in [0, 0.05) is 18.9 Å². The average molecular weight is 268 g/mol. The molecule has 0 amide bonds. The second-order valence-corrected chi connectivity index (χ2v) is 10.2. The van der Waals surface area contributed by atoms with E-state index >= 15 is 0 Å². The number of hydrogen-bond donors (Lipinski definition) is 1. The zero-order valence-corrected chi connectivity index (χ0v) is 12.4. The maximum absolute atomic E-state index is 5.44. The van der Waals surface area contributed by atoms with Gasteiger partial charge in [0.1, 0.15) is 0 Å². The molecule has 0 aliphatic rings. The molecule has 1 N–H and O–H groups in total. The molecule has 0 aliphatic heterocycles. The zero-order valence-electron chi connectivity index (χ0n) is 9.90. The van der Waals surface area contributed by atoms with Crippen molar-refractivity contribution >= 4 is 35.1 Å². The van der Waals surface area contributed by atoms with Crippen molar-refractivity contribution in [2.45, 2.75) is 38.9 Å². The molecule has 0 aromatic heterocycles. The first-order valence-electron chi connectivity index (χ1n) is 5.18. The van der Waals surface area contributed by atoms with Crippen LogP contribution in [0.25, 0.3) is 0 Å². The van der Waals surface area contributed by atoms with Crippen LogP contribution in [-0.2, 0) is 16.3 Å². The Balaban J connectivity index is 4.13. The molecule has 6 heteroatoms. The van der Waals surface area contributed by atoms with E-state index in [1.807, 2.05) is 0 Å². The van der Waals surface area contributed by atoms with Crippen LogP contribution in [0, 0.1) is 0 Å². The summed E-state index contributed by atoms with van der Waals surface area (Å²) in [7, 11) is 1.66. The largest absolute Gasteiger partial charge is 0.330 e. The second kappa shape index (κ2) is 8.57. The fourth-order valence-electron chi connectivity index (χ4n) is 0.743. The maximum Gasteiger partial charge on any atom is 0.211 e. The Morgan fingerprint density at radius 3 is 2.73 bits per heavy atom. The molecular formula is C9H21N2OPS2. The summed E-state index contributed by atoms with van der Waals surface area (Å²) in [5.41, 5.74) is -1.96. The summed E-state index contributed by atoms with van der Waals surface area (Å²) >= 11 is 7.15. The second-order valence-electron chi connectivity index (χ2n) is 3.17. The van der Waals surface area contributed by atoms with Gasteiger partial charge in [0.15, 0.2) is 0 Å². The Kier molecular flexibility index (Phi) is 8.81. The first kappa shape index (κ1) is 15.4. The first-order valence-corrected chi connectivity index (χ1v) is 9.38. The Bertz CT molecular complexity index is 236. The van der Waals surface area contributed by atoms with Crippen LogP contribution >= 0.6 is 17.0 Å². The van der Waals surface area contributed by atoms with Gasteiger partial charge in [-0.2, -0.15) is 0 Å². The molecule has 0 aromatic rings. The van der Waals surface area contributed by atoms with E-state index in [0.29, 0.717) is 5.25 Å². The van der Waals surface area contributed by atoms with Crippen molar-refractivity contribution in [2.75, 3.05) is 13.7 Å². The molecular weight excluding hydrogens is 247 g/mol. The minimum atomic E-state index is -1.96. The summed E-state index contributed by atoms with van der Waals surface area (Å²) in [6, 6.07) is 0. The molecule has 0 radical (unpaired) electrons. The summed E-state index contributed by atoms with van der Waals surface area (Å²) in [4.78, 5) is 4.19. The van der Waals surface area contributed by atoms with Crippen LogP contribution in [0.15, 0.2) is 4.99 Å². The standard InChI is InChI=1S/C9H21N2OPS2/c1-5-7-10-8-11-13(14,12-4)15-9(3)6-2/h8-9H,5-7H2,1-4H3,(H,10,11,14). The van der Waals surface area contributed by atoms with Crippen molar-refractivity contribution < 1.29 is 4.52 Å². The van der Waals surface area contributed by atoms with E-state index in [2.05, 4.69) is 30.9 Å². The van der Waals surface area contributed by atoms with Gasteiger partial charge in [-0.25, -0.2) is 0 Å². The fourth-order valence-corrected chi connectivity index (χ4v) is 5.76. The summed E-state index contributed by atoms with van der Waals surface area (Å²) in [6.07, 6.45) is 3.84. The lowest BCUT2D eigenvalue weighted by Crippen LogP contribution is -2.09. The van der Waals surface area contributed by atoms with Crippen LogP contribution in [-0.4, -0.2) is 25.2 Å². The number of hydrogen-bond acceptors (Lipinski definition) is 4. The van der Waals surface area contributed by atoms with Crippen molar-refractivity contribution in [1.29, 1.82) is 0 Å². The smallest absolute Gasteiger partial charge is 0.211 e. The van der Waals surface area contributed by atoms with E-state index in [1.54, 1.807) is 24.8 Å². The average Bonchev–Trinajstić information content (AvgIpc) is 2.24. The van der Waals surface area contributed by atoms with Crippen molar-refractivity contribution in [3.8, 4) is 0 Å². The molecule has 0 bridgehead atoms. The number of aliphatic imine (C=N–C) groups is 1. The molecule has 0 saturated heterocycles. The highest BCUT2D eigenvalue weighted by Gasteiger charge is 2.18. The first-order chi connectivity index (χ1) is 7.08. The molecule has 2 atom stereocenters. The third kappa shape index (κ3) is 7.34. The predicted octanol–water partition coefficient (Wildman–Crippen LogP) is 3.42. The van der Waals surface area contributed by atoms with E-state index in [9.17, 15) is 0 Å². The summed E-state index contributed by atoms with van der Waals surface area (Å²) in [5, 5.41) is 3.64. The number of nitrogens with one attached hydrogen (secondary N) is 1. The quantitative estimate of drug-likeness (QED) is 0.415. The van der Waals surface area contributed by atoms with Crippen molar-refractivity contribution in [2.24, 2.45) is 4.99 Å². The molecule has 0 heterocycles. The van der Waals surface area contributed by atoms with Crippen LogP contribution < -0.4 is 5.09 Å². The molecule has 90 valence electrons. The predicted molar refractivity (Wildman–Crippen MR) is 75.4 cm³/mol. The fraction of sp³-hybridized carbons (Fsp3) is 0.889. The Morgan fingerprint density at radius 2 is 2.27 bits per heavy atom. The monoisotopic (exact) mass is 268 g/mol. The molecule has 3 nitrogen and oxygen atoms in total. The summed E-state index contributed by atoms with van der Waals surface area (Å²) in [5.74, 6) is 0. The van der Waals surface area contributed by atoms with Crippen molar-refractivity contribution in [1.82, 2.24) is 5.09 Å². The topological polar surface area (TPSA) is 33.6 Å². The third-order valence-electron chi connectivity index (χ3n) is 1.79. The Labute approximate surface area is 102 Å². The van der Waals surface area contributed by atoms with Gasteiger partial charge >= 0.3 is 0 Å². The molecule has 0 fully saturated rings. The normalized spacial score (nSPS) is 17.6. The maximum atomic E-state index is 5.44. The van der Waals surface area contributed by atoms with E-state index in [0.717, 1.165) is 19.4 Å². The Morgan fingerprint density at radius 1 is 1.60 bits per heavy atom. The molecule has 0 aromatic carbocycles. The van der Waals surface area contributed by atoms with Crippen LogP contribution in [0.5, 0.6) is 0 Å². The van der Waals surface area contributed by atoms with Crippen molar-refractivity contribution in [3.63, 3.8) is 0 Å². The highest BCUT2D eigenvalue weighted by molar-refractivity contribution is 8.69. The molecule has 0 rings (SSSR count). The van der Waals surface area contributed by atoms with Gasteiger partial charge in [0.25, 0.3) is 0 Å². The van der Waals surface area contributed by atoms with Gasteiger partial charge in [-0.1, -0.05) is 32.2 Å². The van der Waals surface area contributed by atoms with Gasteiger partial charge in [0.05, 0.1) is 6.34 Å². The zero-order chi connectivity index (χ0) is 11.7. The molecule has 2 unspecified atom stereocenters. The van der Waals surface area contributed by atoms with Crippen LogP contribution in [0.3, 0.4) is 0 Å². The van der Waals surface area contributed by atoms with E-state index in [1.165, 1.54) is 0 Å². The van der Waals surface area contributed by atoms with E-state index in [4.69, 9.17) is 16.3 Å². The van der Waals surface area contributed by atoms with Gasteiger partial charge in [0.2, 0.25) is 5.62 Å². The van der Waals surface area contributed by atoms with Gasteiger partial charge in [-0.3, -0.25) is 4.99 Å². The molecule has 0 saturated carbocycles. The molecule has 15 heavy (non-hydrogen) atoms. The summed E-state index contributed by atoms with van der Waals surface area (Å²) < 4.78 is 5.38. The number of nitrogens with zero attached hydrogens (tertiary/aromatic N) is 1. The van der Waals surface area contributed by atoms with Gasteiger partial charge in [-0.05, 0) is 24.6 Å². The highest BCUT2D eigenvalue weighted by Crippen LogP contribution is 2.57. The summed E-state index contributed by atoms with van der Waals surface area (Å²) in [6.45, 7) is 7.24. The van der Waals surface area contributed by atoms with Gasteiger partial charge in [-0.15, -0.1) is 0 Å². The minimum absolute atomic E-state index is 0.517. The Hall–Kier alpha value is 0.430. The highest BCUT2D eigenvalue weighted by atomic mass is 32.9. The lowest BCUT2D eigenvalue weighted by atomic mass is 10.4. The lowest BCUT2D eigenvalue weighted by Gasteiger charge is -2.21. The lowest BCUT2D eigenvalue weighted by molar-refractivity contribution is 0.467. The van der Waals surface area contributed by atoms with Gasteiger partial charge < -0.3 is 9.61 Å². The van der Waals surface area contributed by atoms with E-state index < -0.39 is 5.62 Å². The van der Waals surface area contributed by atoms with E-state index in [-0.39, 0.29) is 0 Å². The minimum Gasteiger partial charge on any atom is -0.330 e. The molecule has 0 spiro atoms. The van der Waals surface area contributed by atoms with Crippen LogP contribution in [0.1, 0.15) is 33.6 Å². The molecule has 0 aliphatic carbocycles. The van der Waals surface area contributed by atoms with Crippen molar-refractivity contribution in [3.05, 3.63) is 0 Å². The third-order valence-corrected chi connectivity index (χ3v) is 7.89. The SMILES string of the molecule is CCCN=CNP(=S)(OC)SC(C)CC. The van der Waals surface area contributed by atoms with Crippen LogP contribution in [0.4, 0.5) is 0 Å². The number of rotatable bonds is 8.